The number of hydrogen-bond donors (Lipinski definition) is 0. The first-order chi connectivity index (χ1) is 32.7. The highest BCUT2D eigenvalue weighted by molar-refractivity contribution is 5.97. The number of aryl methyl sites for hydroxylation is 1. The van der Waals surface area contributed by atoms with E-state index < -0.39 is 5.41 Å². The van der Waals surface area contributed by atoms with Crippen molar-refractivity contribution in [3.05, 3.63) is 294 Å². The van der Waals surface area contributed by atoms with Crippen LogP contribution in [0, 0.1) is 6.92 Å². The van der Waals surface area contributed by atoms with E-state index in [0.717, 1.165) is 12.1 Å². The minimum atomic E-state index is -0.481. The molecule has 1 spiro atoms. The molecule has 0 saturated heterocycles. The first-order valence-corrected chi connectivity index (χ1v) is 23.3. The van der Waals surface area contributed by atoms with E-state index in [-0.39, 0.29) is 0 Å². The van der Waals surface area contributed by atoms with Crippen LogP contribution >= 0.6 is 0 Å². The van der Waals surface area contributed by atoms with Crippen molar-refractivity contribution in [3.8, 4) is 44.5 Å². The lowest BCUT2D eigenvalue weighted by molar-refractivity contribution is 0.752. The summed E-state index contributed by atoms with van der Waals surface area (Å²) in [5, 5.41) is 0. The zero-order valence-corrected chi connectivity index (χ0v) is 37.9. The molecular weight excluding hydrogens is 795 g/mol. The molecule has 0 saturated carbocycles. The van der Waals surface area contributed by atoms with Gasteiger partial charge in [0.25, 0.3) is 0 Å². The van der Waals surface area contributed by atoms with Crippen molar-refractivity contribution in [2.24, 2.45) is 0 Å². The monoisotopic (exact) mass is 847 g/mol. The number of rotatable bonds is 6. The summed E-state index contributed by atoms with van der Waals surface area (Å²) in [7, 11) is 0. The molecule has 66 heavy (non-hydrogen) atoms. The molecule has 10 aromatic rings. The lowest BCUT2D eigenvalue weighted by Crippen LogP contribution is -2.36. The Kier molecular flexibility index (Phi) is 11.8. The molecule has 0 unspecified atom stereocenters. The van der Waals surface area contributed by atoms with Gasteiger partial charge in [0.2, 0.25) is 0 Å². The average molecular weight is 848 g/mol. The van der Waals surface area contributed by atoms with Crippen LogP contribution in [-0.4, -0.2) is 0 Å². The molecule has 318 valence electrons. The number of benzene rings is 10. The molecule has 0 amide bonds. The summed E-state index contributed by atoms with van der Waals surface area (Å²) >= 11 is 0. The molecule has 0 bridgehead atoms. The standard InChI is InChI=1S/C50H35N.C13H12.C2H6/c1-4-15-35(16-5-1)33-40-19-14-24-46-49(40)42-34-39(38-29-27-37(28-30-38)36-17-6-2-7-18-36)31-32-43(42)50(46)44-22-10-12-25-47(44)51(41-20-8-3-9-21-41)48-26-13-11-23-45(48)50;1-11-7-9-13(10-8-11)12-5-3-2-4-6-12;1-2/h1-32,34H,33H2;2-10H,1H3;1-2H3. The van der Waals surface area contributed by atoms with Crippen LogP contribution in [-0.2, 0) is 11.8 Å². The van der Waals surface area contributed by atoms with E-state index in [4.69, 9.17) is 0 Å². The zero-order valence-electron chi connectivity index (χ0n) is 37.9. The summed E-state index contributed by atoms with van der Waals surface area (Å²) in [4.78, 5) is 2.45. The molecule has 12 rings (SSSR count). The van der Waals surface area contributed by atoms with Crippen molar-refractivity contribution in [3.63, 3.8) is 0 Å². The molecule has 10 aromatic carbocycles. The van der Waals surface area contributed by atoms with Crippen LogP contribution in [0.15, 0.2) is 255 Å². The predicted octanol–water partition coefficient (Wildman–Crippen LogP) is 17.4. The average Bonchev–Trinajstić information content (AvgIpc) is 3.69. The summed E-state index contributed by atoms with van der Waals surface area (Å²) in [6, 6.07) is 92.7. The number of anilines is 3. The summed E-state index contributed by atoms with van der Waals surface area (Å²) in [5.74, 6) is 0. The third kappa shape index (κ3) is 7.63. The Hall–Kier alpha value is -8.00. The smallest absolute Gasteiger partial charge is 0.0754 e. The fourth-order valence-electron chi connectivity index (χ4n) is 10.1. The van der Waals surface area contributed by atoms with Gasteiger partial charge in [0.15, 0.2) is 0 Å². The Balaban J connectivity index is 0.000000292. The molecule has 0 radical (unpaired) electrons. The van der Waals surface area contributed by atoms with Gasteiger partial charge in [-0.2, -0.15) is 0 Å². The summed E-state index contributed by atoms with van der Waals surface area (Å²) in [5.41, 5.74) is 22.6. The molecule has 0 N–H and O–H groups in total. The van der Waals surface area contributed by atoms with Crippen molar-refractivity contribution < 1.29 is 0 Å². The van der Waals surface area contributed by atoms with Crippen LogP contribution in [0.1, 0.15) is 52.8 Å². The summed E-state index contributed by atoms with van der Waals surface area (Å²) < 4.78 is 0. The van der Waals surface area contributed by atoms with Crippen molar-refractivity contribution in [2.75, 3.05) is 4.90 Å². The van der Waals surface area contributed by atoms with E-state index in [9.17, 15) is 0 Å². The van der Waals surface area contributed by atoms with E-state index in [0.29, 0.717) is 0 Å². The normalized spacial score (nSPS) is 12.3. The van der Waals surface area contributed by atoms with Gasteiger partial charge in [-0.1, -0.05) is 244 Å². The van der Waals surface area contributed by atoms with Gasteiger partial charge < -0.3 is 4.90 Å². The maximum absolute atomic E-state index is 2.46. The molecule has 0 fully saturated rings. The molecule has 1 heteroatoms. The van der Waals surface area contributed by atoms with Crippen molar-refractivity contribution in [1.82, 2.24) is 0 Å². The molecule has 0 aromatic heterocycles. The van der Waals surface area contributed by atoms with Crippen LogP contribution < -0.4 is 4.90 Å². The Labute approximate surface area is 391 Å². The molecule has 1 heterocycles. The van der Waals surface area contributed by atoms with Crippen LogP contribution in [0.25, 0.3) is 44.5 Å². The Bertz CT molecular complexity index is 3160. The minimum Gasteiger partial charge on any atom is -0.310 e. The molecule has 0 atom stereocenters. The third-order valence-corrected chi connectivity index (χ3v) is 13.1. The number of nitrogens with zero attached hydrogens (tertiary/aromatic N) is 1. The quantitative estimate of drug-likeness (QED) is 0.161. The maximum Gasteiger partial charge on any atom is 0.0754 e. The first-order valence-electron chi connectivity index (χ1n) is 23.3. The maximum atomic E-state index is 2.46. The van der Waals surface area contributed by atoms with Crippen molar-refractivity contribution >= 4 is 17.1 Å². The highest BCUT2D eigenvalue weighted by Gasteiger charge is 2.52. The first kappa shape index (κ1) is 42.0. The lowest BCUT2D eigenvalue weighted by Gasteiger charge is -2.45. The molecule has 1 nitrogen and oxygen atoms in total. The van der Waals surface area contributed by atoms with E-state index in [1.54, 1.807) is 0 Å². The second kappa shape index (κ2) is 18.6. The van der Waals surface area contributed by atoms with Crippen LogP contribution in [0.3, 0.4) is 0 Å². The van der Waals surface area contributed by atoms with E-state index >= 15 is 0 Å². The van der Waals surface area contributed by atoms with E-state index in [2.05, 4.69) is 261 Å². The number of fused-ring (bicyclic) bond motifs is 9. The summed E-state index contributed by atoms with van der Waals surface area (Å²) in [6.07, 6.45) is 0.870. The highest BCUT2D eigenvalue weighted by Crippen LogP contribution is 2.64. The van der Waals surface area contributed by atoms with Crippen LogP contribution in [0.4, 0.5) is 17.1 Å². The zero-order chi connectivity index (χ0) is 44.9. The predicted molar refractivity (Wildman–Crippen MR) is 280 cm³/mol. The Morgan fingerprint density at radius 2 is 0.773 bits per heavy atom. The van der Waals surface area contributed by atoms with Gasteiger partial charge >= 0.3 is 0 Å². The minimum absolute atomic E-state index is 0.481. The third-order valence-electron chi connectivity index (χ3n) is 13.1. The van der Waals surface area contributed by atoms with Crippen molar-refractivity contribution in [2.45, 2.75) is 32.6 Å². The Morgan fingerprint density at radius 1 is 0.348 bits per heavy atom. The Morgan fingerprint density at radius 3 is 1.33 bits per heavy atom. The van der Waals surface area contributed by atoms with E-state index in [1.165, 1.54) is 94.8 Å². The number of hydrogen-bond acceptors (Lipinski definition) is 1. The van der Waals surface area contributed by atoms with Gasteiger partial charge in [0.05, 0.1) is 16.8 Å². The fraction of sp³-hybridized carbons (Fsp3) is 0.0769. The fourth-order valence-corrected chi connectivity index (χ4v) is 10.1. The second-order valence-corrected chi connectivity index (χ2v) is 16.9. The molecule has 2 aliphatic rings. The van der Waals surface area contributed by atoms with Gasteiger partial charge in [0, 0.05) is 5.69 Å². The molecule has 1 aliphatic carbocycles. The van der Waals surface area contributed by atoms with Gasteiger partial charge in [-0.25, -0.2) is 0 Å². The van der Waals surface area contributed by atoms with Crippen LogP contribution in [0.2, 0.25) is 0 Å². The largest absolute Gasteiger partial charge is 0.310 e. The highest BCUT2D eigenvalue weighted by atomic mass is 15.2. The van der Waals surface area contributed by atoms with Gasteiger partial charge in [-0.15, -0.1) is 0 Å². The van der Waals surface area contributed by atoms with E-state index in [1.807, 2.05) is 19.9 Å². The molecular formula is C65H53N. The van der Waals surface area contributed by atoms with Gasteiger partial charge in [-0.05, 0) is 122 Å². The topological polar surface area (TPSA) is 3.24 Å². The summed E-state index contributed by atoms with van der Waals surface area (Å²) in [6.45, 7) is 6.11. The van der Waals surface area contributed by atoms with Crippen molar-refractivity contribution in [1.29, 1.82) is 0 Å². The lowest BCUT2D eigenvalue weighted by atomic mass is 9.64. The SMILES string of the molecule is CC.Cc1ccc(-c2ccccc2)cc1.c1ccc(Cc2cccc3c2-c2cc(-c4ccc(-c5ccccc5)cc4)ccc2C32c3ccccc3N(c3ccccc3)c3ccccc32)cc1. The second-order valence-electron chi connectivity index (χ2n) is 16.9. The van der Waals surface area contributed by atoms with Gasteiger partial charge in [-0.3, -0.25) is 0 Å². The number of para-hydroxylation sites is 3. The van der Waals surface area contributed by atoms with Gasteiger partial charge in [0.1, 0.15) is 0 Å². The van der Waals surface area contributed by atoms with Crippen LogP contribution in [0.5, 0.6) is 0 Å². The molecule has 1 aliphatic heterocycles.